The Labute approximate surface area is 190 Å². The van der Waals surface area contributed by atoms with Crippen LogP contribution in [0.3, 0.4) is 0 Å². The first-order valence-corrected chi connectivity index (χ1v) is 11.5. The average molecular weight is 432 g/mol. The van der Waals surface area contributed by atoms with Crippen molar-refractivity contribution >= 4 is 5.91 Å². The van der Waals surface area contributed by atoms with Crippen molar-refractivity contribution in [2.45, 2.75) is 52.4 Å². The van der Waals surface area contributed by atoms with Crippen molar-refractivity contribution < 1.29 is 9.53 Å². The number of H-pyrrole nitrogens is 1. The van der Waals surface area contributed by atoms with Crippen LogP contribution in [0.5, 0.6) is 5.75 Å². The summed E-state index contributed by atoms with van der Waals surface area (Å²) in [6.07, 6.45) is 4.60. The number of para-hydroxylation sites is 1. The summed E-state index contributed by atoms with van der Waals surface area (Å²) in [7, 11) is 1.65. The SMILES string of the molecule is COc1ccccc1-c1[nH]c(C)cc1C(=O)NCC1CCC(c2cc(C)nc(C)c2)CC1. The van der Waals surface area contributed by atoms with Crippen LogP contribution in [0.2, 0.25) is 0 Å². The number of aryl methyl sites for hydroxylation is 3. The maximum absolute atomic E-state index is 13.1. The zero-order chi connectivity index (χ0) is 22.7. The highest BCUT2D eigenvalue weighted by Crippen LogP contribution is 2.36. The van der Waals surface area contributed by atoms with Gasteiger partial charge < -0.3 is 15.0 Å². The van der Waals surface area contributed by atoms with E-state index in [4.69, 9.17) is 4.74 Å². The molecule has 0 unspecified atom stereocenters. The summed E-state index contributed by atoms with van der Waals surface area (Å²) in [6.45, 7) is 6.83. The van der Waals surface area contributed by atoms with E-state index in [1.165, 1.54) is 18.4 Å². The Morgan fingerprint density at radius 3 is 2.44 bits per heavy atom. The topological polar surface area (TPSA) is 67.0 Å². The van der Waals surface area contributed by atoms with Crippen LogP contribution in [0.4, 0.5) is 0 Å². The Balaban J connectivity index is 1.38. The number of amides is 1. The fourth-order valence-electron chi connectivity index (χ4n) is 4.97. The molecule has 1 amide bonds. The van der Waals surface area contributed by atoms with Crippen molar-refractivity contribution in [1.82, 2.24) is 15.3 Å². The number of nitrogens with zero attached hydrogens (tertiary/aromatic N) is 1. The molecule has 5 nitrogen and oxygen atoms in total. The normalized spacial score (nSPS) is 18.4. The van der Waals surface area contributed by atoms with Gasteiger partial charge >= 0.3 is 0 Å². The quantitative estimate of drug-likeness (QED) is 0.525. The molecule has 1 saturated carbocycles. The standard InChI is InChI=1S/C27H33N3O2/c1-17-13-22(14-18(2)29-17)21-11-9-20(10-12-21)16-28-27(31)24-15-19(3)30-26(24)23-7-5-6-8-25(23)32-4/h5-8,13-15,20-21,30H,9-12,16H2,1-4H3,(H,28,31). The number of aromatic amines is 1. The summed E-state index contributed by atoms with van der Waals surface area (Å²) in [4.78, 5) is 20.9. The molecule has 1 aliphatic rings. The van der Waals surface area contributed by atoms with E-state index >= 15 is 0 Å². The number of hydrogen-bond donors (Lipinski definition) is 2. The first kappa shape index (κ1) is 22.1. The number of hydrogen-bond acceptors (Lipinski definition) is 3. The largest absolute Gasteiger partial charge is 0.496 e. The lowest BCUT2D eigenvalue weighted by molar-refractivity contribution is 0.0943. The maximum atomic E-state index is 13.1. The zero-order valence-corrected chi connectivity index (χ0v) is 19.5. The molecule has 1 fully saturated rings. The van der Waals surface area contributed by atoms with Gasteiger partial charge in [-0.25, -0.2) is 0 Å². The van der Waals surface area contributed by atoms with Gasteiger partial charge in [-0.05, 0) is 94.2 Å². The number of nitrogens with one attached hydrogen (secondary N) is 2. The van der Waals surface area contributed by atoms with Crippen LogP contribution in [0.25, 0.3) is 11.3 Å². The van der Waals surface area contributed by atoms with E-state index in [0.29, 0.717) is 17.4 Å². The van der Waals surface area contributed by atoms with Crippen LogP contribution in [-0.2, 0) is 0 Å². The second-order valence-corrected chi connectivity index (χ2v) is 9.05. The molecule has 0 aliphatic heterocycles. The number of aromatic nitrogens is 2. The van der Waals surface area contributed by atoms with Gasteiger partial charge in [0.2, 0.25) is 0 Å². The number of carbonyl (C=O) groups is 1. The van der Waals surface area contributed by atoms with Gasteiger partial charge in [-0.3, -0.25) is 9.78 Å². The third kappa shape index (κ3) is 4.87. The second-order valence-electron chi connectivity index (χ2n) is 9.05. The molecule has 0 atom stereocenters. The van der Waals surface area contributed by atoms with Gasteiger partial charge in [0.05, 0.1) is 18.4 Å². The van der Waals surface area contributed by atoms with Crippen molar-refractivity contribution in [2.24, 2.45) is 5.92 Å². The molecule has 0 bridgehead atoms. The van der Waals surface area contributed by atoms with Crippen molar-refractivity contribution in [3.8, 4) is 17.0 Å². The van der Waals surface area contributed by atoms with Crippen LogP contribution in [0.15, 0.2) is 42.5 Å². The molecule has 5 heteroatoms. The lowest BCUT2D eigenvalue weighted by Crippen LogP contribution is -2.31. The van der Waals surface area contributed by atoms with Gasteiger partial charge in [-0.15, -0.1) is 0 Å². The minimum Gasteiger partial charge on any atom is -0.496 e. The average Bonchev–Trinajstić information content (AvgIpc) is 3.18. The highest BCUT2D eigenvalue weighted by Gasteiger charge is 2.24. The third-order valence-electron chi connectivity index (χ3n) is 6.55. The molecule has 2 N–H and O–H groups in total. The Bertz CT molecular complexity index is 1070. The number of methoxy groups -OCH3 is 1. The summed E-state index contributed by atoms with van der Waals surface area (Å²) in [6, 6.07) is 14.2. The Hall–Kier alpha value is -3.08. The Morgan fingerprint density at radius 2 is 1.75 bits per heavy atom. The highest BCUT2D eigenvalue weighted by atomic mass is 16.5. The van der Waals surface area contributed by atoms with Crippen LogP contribution in [0.1, 0.15) is 64.6 Å². The van der Waals surface area contributed by atoms with E-state index in [0.717, 1.165) is 53.5 Å². The van der Waals surface area contributed by atoms with Gasteiger partial charge in [0, 0.05) is 29.2 Å². The van der Waals surface area contributed by atoms with Crippen LogP contribution >= 0.6 is 0 Å². The predicted octanol–water partition coefficient (Wildman–Crippen LogP) is 5.71. The van der Waals surface area contributed by atoms with E-state index in [1.54, 1.807) is 7.11 Å². The van der Waals surface area contributed by atoms with E-state index in [-0.39, 0.29) is 5.91 Å². The lowest BCUT2D eigenvalue weighted by atomic mass is 9.78. The molecule has 1 aromatic carbocycles. The van der Waals surface area contributed by atoms with E-state index < -0.39 is 0 Å². The Kier molecular flexibility index (Phi) is 6.63. The molecule has 32 heavy (non-hydrogen) atoms. The fourth-order valence-corrected chi connectivity index (χ4v) is 4.97. The number of benzene rings is 1. The molecular formula is C27H33N3O2. The molecule has 1 aliphatic carbocycles. The molecule has 3 aromatic rings. The molecule has 0 radical (unpaired) electrons. The predicted molar refractivity (Wildman–Crippen MR) is 128 cm³/mol. The van der Waals surface area contributed by atoms with E-state index in [1.807, 2.05) is 37.3 Å². The number of rotatable bonds is 6. The molecule has 0 spiro atoms. The van der Waals surface area contributed by atoms with Crippen LogP contribution in [-0.4, -0.2) is 29.5 Å². The smallest absolute Gasteiger partial charge is 0.253 e. The summed E-state index contributed by atoms with van der Waals surface area (Å²) >= 11 is 0. The fraction of sp³-hybridized carbons (Fsp3) is 0.407. The first-order chi connectivity index (χ1) is 15.4. The second kappa shape index (κ2) is 9.60. The molecule has 2 heterocycles. The molecule has 0 saturated heterocycles. The van der Waals surface area contributed by atoms with Gasteiger partial charge in [0.15, 0.2) is 0 Å². The third-order valence-corrected chi connectivity index (χ3v) is 6.55. The summed E-state index contributed by atoms with van der Waals surface area (Å²) < 4.78 is 5.50. The van der Waals surface area contributed by atoms with Crippen molar-refractivity contribution in [1.29, 1.82) is 0 Å². The van der Waals surface area contributed by atoms with Gasteiger partial charge in [0.25, 0.3) is 5.91 Å². The summed E-state index contributed by atoms with van der Waals surface area (Å²) in [5, 5.41) is 3.19. The van der Waals surface area contributed by atoms with Gasteiger partial charge in [-0.2, -0.15) is 0 Å². The van der Waals surface area contributed by atoms with Crippen LogP contribution < -0.4 is 10.1 Å². The summed E-state index contributed by atoms with van der Waals surface area (Å²) in [5.74, 6) is 1.85. The molecule has 2 aromatic heterocycles. The van der Waals surface area contributed by atoms with Crippen LogP contribution in [0, 0.1) is 26.7 Å². The zero-order valence-electron chi connectivity index (χ0n) is 19.5. The molecule has 4 rings (SSSR count). The first-order valence-electron chi connectivity index (χ1n) is 11.5. The monoisotopic (exact) mass is 431 g/mol. The Morgan fingerprint density at radius 1 is 1.06 bits per heavy atom. The minimum absolute atomic E-state index is 0.0298. The van der Waals surface area contributed by atoms with E-state index in [2.05, 4.69) is 41.3 Å². The number of ether oxygens (including phenoxy) is 1. The van der Waals surface area contributed by atoms with Crippen molar-refractivity contribution in [2.75, 3.05) is 13.7 Å². The van der Waals surface area contributed by atoms with E-state index in [9.17, 15) is 4.79 Å². The number of carbonyl (C=O) groups excluding carboxylic acids is 1. The lowest BCUT2D eigenvalue weighted by Gasteiger charge is -2.29. The van der Waals surface area contributed by atoms with Crippen molar-refractivity contribution in [3.63, 3.8) is 0 Å². The van der Waals surface area contributed by atoms with Gasteiger partial charge in [-0.1, -0.05) is 12.1 Å². The van der Waals surface area contributed by atoms with Crippen molar-refractivity contribution in [3.05, 3.63) is 70.7 Å². The molecular weight excluding hydrogens is 398 g/mol. The number of pyridine rings is 1. The molecule has 168 valence electrons. The maximum Gasteiger partial charge on any atom is 0.253 e. The minimum atomic E-state index is -0.0298. The highest BCUT2D eigenvalue weighted by molar-refractivity contribution is 6.01. The van der Waals surface area contributed by atoms with Gasteiger partial charge in [0.1, 0.15) is 5.75 Å². The summed E-state index contributed by atoms with van der Waals surface area (Å²) in [5.41, 5.74) is 6.95.